The number of rotatable bonds is 12. The fourth-order valence-corrected chi connectivity index (χ4v) is 5.39. The zero-order valence-corrected chi connectivity index (χ0v) is 24.2. The number of methoxy groups -OCH3 is 1. The van der Waals surface area contributed by atoms with Crippen molar-refractivity contribution in [3.8, 4) is 5.75 Å². The Bertz CT molecular complexity index is 1410. The van der Waals surface area contributed by atoms with E-state index in [1.807, 2.05) is 20.8 Å². The number of hydrogen-bond donors (Lipinski definition) is 1. The molecule has 3 aromatic carbocycles. The molecule has 0 radical (unpaired) electrons. The van der Waals surface area contributed by atoms with Crippen molar-refractivity contribution in [1.29, 1.82) is 0 Å². The number of hydrogen-bond acceptors (Lipinski definition) is 5. The van der Waals surface area contributed by atoms with Gasteiger partial charge in [-0.1, -0.05) is 43.7 Å². The van der Waals surface area contributed by atoms with Gasteiger partial charge in [-0.15, -0.1) is 0 Å². The summed E-state index contributed by atoms with van der Waals surface area (Å²) in [7, 11) is -2.73. The van der Waals surface area contributed by atoms with Gasteiger partial charge >= 0.3 is 0 Å². The van der Waals surface area contributed by atoms with Crippen molar-refractivity contribution in [3.63, 3.8) is 0 Å². The first-order valence-corrected chi connectivity index (χ1v) is 14.4. The number of ether oxygens (including phenoxy) is 1. The normalized spacial score (nSPS) is 12.1. The number of nitrogens with zero attached hydrogens (tertiary/aromatic N) is 2. The summed E-state index contributed by atoms with van der Waals surface area (Å²) in [5.74, 6) is -0.726. The van der Waals surface area contributed by atoms with Crippen LogP contribution in [0.2, 0.25) is 0 Å². The number of halogens is 1. The number of benzene rings is 3. The molecule has 3 rings (SSSR count). The molecule has 0 heterocycles. The van der Waals surface area contributed by atoms with Crippen molar-refractivity contribution in [2.45, 2.75) is 45.2 Å². The van der Waals surface area contributed by atoms with Gasteiger partial charge in [0.1, 0.15) is 24.2 Å². The van der Waals surface area contributed by atoms with Crippen LogP contribution in [0.25, 0.3) is 0 Å². The standard InChI is InChI=1S/C30H36FN3O5S/c1-21(2)18-32-30(36)23(4)33(19-24-7-6-8-27(17-24)39-5)29(35)20-34(26-13-9-22(3)10-14-26)40(37,38)28-15-11-25(31)12-16-28/h6-17,21,23H,18-20H2,1-5H3,(H,32,36)/t23-/m1/s1. The molecule has 2 amide bonds. The maximum atomic E-state index is 13.9. The maximum Gasteiger partial charge on any atom is 0.264 e. The van der Waals surface area contributed by atoms with Gasteiger partial charge in [0.25, 0.3) is 10.0 Å². The monoisotopic (exact) mass is 569 g/mol. The average Bonchev–Trinajstić information content (AvgIpc) is 2.93. The van der Waals surface area contributed by atoms with Gasteiger partial charge in [0.05, 0.1) is 17.7 Å². The van der Waals surface area contributed by atoms with E-state index >= 15 is 0 Å². The molecule has 0 bridgehead atoms. The first-order chi connectivity index (χ1) is 18.9. The lowest BCUT2D eigenvalue weighted by Gasteiger charge is -2.32. The Kier molecular flexibility index (Phi) is 10.3. The van der Waals surface area contributed by atoms with Gasteiger partial charge in [0.15, 0.2) is 0 Å². The molecule has 0 saturated heterocycles. The largest absolute Gasteiger partial charge is 0.497 e. The van der Waals surface area contributed by atoms with E-state index in [-0.39, 0.29) is 29.0 Å². The van der Waals surface area contributed by atoms with Crippen molar-refractivity contribution in [2.75, 3.05) is 24.5 Å². The minimum absolute atomic E-state index is 0.0463. The van der Waals surface area contributed by atoms with Gasteiger partial charge < -0.3 is 15.0 Å². The van der Waals surface area contributed by atoms with Crippen LogP contribution in [0.5, 0.6) is 5.75 Å². The molecule has 0 aliphatic rings. The van der Waals surface area contributed by atoms with E-state index in [4.69, 9.17) is 4.74 Å². The molecule has 0 aliphatic carbocycles. The van der Waals surface area contributed by atoms with E-state index in [0.717, 1.165) is 34.1 Å². The Morgan fingerprint density at radius 1 is 0.975 bits per heavy atom. The zero-order valence-electron chi connectivity index (χ0n) is 23.4. The predicted octanol–water partition coefficient (Wildman–Crippen LogP) is 4.53. The third-order valence-electron chi connectivity index (χ3n) is 6.34. The molecule has 0 unspecified atom stereocenters. The average molecular weight is 570 g/mol. The number of aryl methyl sites for hydroxylation is 1. The predicted molar refractivity (Wildman–Crippen MR) is 153 cm³/mol. The highest BCUT2D eigenvalue weighted by Crippen LogP contribution is 2.25. The number of sulfonamides is 1. The lowest BCUT2D eigenvalue weighted by atomic mass is 10.1. The summed E-state index contributed by atoms with van der Waals surface area (Å²) in [6.07, 6.45) is 0. The van der Waals surface area contributed by atoms with Gasteiger partial charge in [-0.05, 0) is 73.9 Å². The van der Waals surface area contributed by atoms with E-state index in [9.17, 15) is 22.4 Å². The van der Waals surface area contributed by atoms with Crippen LogP contribution < -0.4 is 14.4 Å². The number of nitrogens with one attached hydrogen (secondary N) is 1. The van der Waals surface area contributed by atoms with Crippen molar-refractivity contribution in [1.82, 2.24) is 10.2 Å². The van der Waals surface area contributed by atoms with Crippen LogP contribution in [0.3, 0.4) is 0 Å². The third-order valence-corrected chi connectivity index (χ3v) is 8.13. The topological polar surface area (TPSA) is 96.0 Å². The summed E-state index contributed by atoms with van der Waals surface area (Å²) in [6, 6.07) is 17.3. The Hall–Kier alpha value is -3.92. The van der Waals surface area contributed by atoms with Crippen molar-refractivity contribution in [3.05, 3.63) is 89.7 Å². The Morgan fingerprint density at radius 3 is 2.23 bits per heavy atom. The number of carbonyl (C=O) groups is 2. The molecule has 0 fully saturated rings. The van der Waals surface area contributed by atoms with Gasteiger partial charge in [-0.3, -0.25) is 13.9 Å². The molecule has 0 aromatic heterocycles. The summed E-state index contributed by atoms with van der Waals surface area (Å²) in [5, 5.41) is 2.85. The zero-order chi connectivity index (χ0) is 29.4. The van der Waals surface area contributed by atoms with Crippen LogP contribution in [0.4, 0.5) is 10.1 Å². The molecular formula is C30H36FN3O5S. The van der Waals surface area contributed by atoms with Crippen molar-refractivity contribution >= 4 is 27.5 Å². The molecule has 1 N–H and O–H groups in total. The van der Waals surface area contributed by atoms with E-state index in [1.165, 1.54) is 12.0 Å². The summed E-state index contributed by atoms with van der Waals surface area (Å²) >= 11 is 0. The van der Waals surface area contributed by atoms with Crippen molar-refractivity contribution in [2.24, 2.45) is 5.92 Å². The summed E-state index contributed by atoms with van der Waals surface area (Å²) in [6.45, 7) is 7.30. The van der Waals surface area contributed by atoms with Gasteiger partial charge in [-0.2, -0.15) is 0 Å². The molecule has 8 nitrogen and oxygen atoms in total. The second kappa shape index (κ2) is 13.4. The van der Waals surface area contributed by atoms with Gasteiger partial charge in [0.2, 0.25) is 11.8 Å². The molecule has 1 atom stereocenters. The Balaban J connectivity index is 2.01. The van der Waals surface area contributed by atoms with Crippen LogP contribution in [-0.2, 0) is 26.2 Å². The van der Waals surface area contributed by atoms with Crippen LogP contribution in [0.1, 0.15) is 31.9 Å². The minimum Gasteiger partial charge on any atom is -0.497 e. The molecule has 3 aromatic rings. The molecule has 10 heteroatoms. The van der Waals surface area contributed by atoms with E-state index in [1.54, 1.807) is 55.5 Å². The smallest absolute Gasteiger partial charge is 0.264 e. The summed E-state index contributed by atoms with van der Waals surface area (Å²) in [5.41, 5.74) is 1.88. The number of amides is 2. The van der Waals surface area contributed by atoms with E-state index < -0.39 is 34.3 Å². The lowest BCUT2D eigenvalue weighted by molar-refractivity contribution is -0.139. The first kappa shape index (κ1) is 30.6. The highest BCUT2D eigenvalue weighted by molar-refractivity contribution is 7.92. The highest BCUT2D eigenvalue weighted by atomic mass is 32.2. The second-order valence-electron chi connectivity index (χ2n) is 9.99. The maximum absolute atomic E-state index is 13.9. The van der Waals surface area contributed by atoms with Crippen LogP contribution >= 0.6 is 0 Å². The number of carbonyl (C=O) groups excluding carboxylic acids is 2. The van der Waals surface area contributed by atoms with Crippen molar-refractivity contribution < 1.29 is 27.1 Å². The van der Waals surface area contributed by atoms with Gasteiger partial charge in [-0.25, -0.2) is 12.8 Å². The molecule has 214 valence electrons. The van der Waals surface area contributed by atoms with Crippen LogP contribution in [-0.4, -0.2) is 51.4 Å². The van der Waals surface area contributed by atoms with Crippen LogP contribution in [0.15, 0.2) is 77.7 Å². The first-order valence-electron chi connectivity index (χ1n) is 13.0. The molecule has 0 aliphatic heterocycles. The quantitative estimate of drug-likeness (QED) is 0.346. The Morgan fingerprint density at radius 2 is 1.62 bits per heavy atom. The second-order valence-corrected chi connectivity index (χ2v) is 11.9. The molecule has 40 heavy (non-hydrogen) atoms. The molecule has 0 spiro atoms. The lowest BCUT2D eigenvalue weighted by Crippen LogP contribution is -2.51. The van der Waals surface area contributed by atoms with Crippen LogP contribution in [0, 0.1) is 18.7 Å². The fraction of sp³-hybridized carbons (Fsp3) is 0.333. The van der Waals surface area contributed by atoms with E-state index in [2.05, 4.69) is 5.32 Å². The number of anilines is 1. The fourth-order valence-electron chi connectivity index (χ4n) is 3.98. The Labute approximate surface area is 235 Å². The van der Waals surface area contributed by atoms with Gasteiger partial charge in [0, 0.05) is 13.1 Å². The SMILES string of the molecule is COc1cccc(CN(C(=O)CN(c2ccc(C)cc2)S(=O)(=O)c2ccc(F)cc2)[C@H](C)C(=O)NCC(C)C)c1. The molecular weight excluding hydrogens is 533 g/mol. The molecule has 0 saturated carbocycles. The summed E-state index contributed by atoms with van der Waals surface area (Å²) in [4.78, 5) is 28.2. The van der Waals surface area contributed by atoms with E-state index in [0.29, 0.717) is 17.9 Å². The highest BCUT2D eigenvalue weighted by Gasteiger charge is 2.32. The summed E-state index contributed by atoms with van der Waals surface area (Å²) < 4.78 is 47.4. The third kappa shape index (κ3) is 7.81. The minimum atomic E-state index is -4.26.